The summed E-state index contributed by atoms with van der Waals surface area (Å²) in [7, 11) is -2.90. The Morgan fingerprint density at radius 1 is 1.45 bits per heavy atom. The fraction of sp³-hybridized carbons (Fsp3) is 1.00. The Balaban J connectivity index is 2.47. The number of hydrogen-bond acceptors (Lipinski definition) is 4. The molecule has 0 spiro atoms. The van der Waals surface area contributed by atoms with Gasteiger partial charge in [-0.2, -0.15) is 0 Å². The van der Waals surface area contributed by atoms with Crippen LogP contribution in [0.3, 0.4) is 0 Å². The van der Waals surface area contributed by atoms with Crippen LogP contribution in [0.25, 0.3) is 0 Å². The second-order valence-corrected chi connectivity index (χ2v) is 4.34. The maximum Gasteiger partial charge on any atom is 0.361 e. The summed E-state index contributed by atoms with van der Waals surface area (Å²) < 4.78 is 26.5. The van der Waals surface area contributed by atoms with E-state index in [2.05, 4.69) is 0 Å². The lowest BCUT2D eigenvalue weighted by Gasteiger charge is -2.13. The van der Waals surface area contributed by atoms with E-state index in [1.54, 1.807) is 13.8 Å². The largest absolute Gasteiger partial charge is 0.361 e. The number of ether oxygens (including phenoxy) is 1. The molecule has 0 aromatic carbocycles. The fourth-order valence-corrected chi connectivity index (χ4v) is 2.37. The zero-order valence-corrected chi connectivity index (χ0v) is 7.67. The lowest BCUT2D eigenvalue weighted by atomic mass is 10.9. The van der Waals surface area contributed by atoms with Crippen molar-refractivity contribution in [2.24, 2.45) is 0 Å². The van der Waals surface area contributed by atoms with Crippen molar-refractivity contribution in [1.82, 2.24) is 0 Å². The molecule has 11 heavy (non-hydrogen) atoms. The Hall–Kier alpha value is 0.110. The van der Waals surface area contributed by atoms with Crippen LogP contribution >= 0.6 is 7.60 Å². The predicted octanol–water partition coefficient (Wildman–Crippen LogP) is 1.61. The van der Waals surface area contributed by atoms with Crippen molar-refractivity contribution in [3.8, 4) is 0 Å². The van der Waals surface area contributed by atoms with Gasteiger partial charge in [0.25, 0.3) is 0 Å². The first-order valence-electron chi connectivity index (χ1n) is 3.73. The van der Waals surface area contributed by atoms with Crippen LogP contribution in [0.15, 0.2) is 0 Å². The summed E-state index contributed by atoms with van der Waals surface area (Å²) in [6, 6.07) is 0. The van der Waals surface area contributed by atoms with Crippen molar-refractivity contribution in [2.75, 3.05) is 19.8 Å². The van der Waals surface area contributed by atoms with Gasteiger partial charge in [-0.3, -0.25) is 4.57 Å². The minimum atomic E-state index is -2.90. The molecular formula is C6H13O4P. The molecule has 0 aromatic rings. The highest BCUT2D eigenvalue weighted by Gasteiger charge is 2.45. The van der Waals surface area contributed by atoms with Gasteiger partial charge in [-0.15, -0.1) is 0 Å². The SMILES string of the molecule is CCOP(=O)(OCC)[C@H]1CO1. The Morgan fingerprint density at radius 2 is 1.91 bits per heavy atom. The van der Waals surface area contributed by atoms with E-state index < -0.39 is 7.60 Å². The van der Waals surface area contributed by atoms with Crippen LogP contribution in [0.1, 0.15) is 13.8 Å². The molecule has 0 N–H and O–H groups in total. The van der Waals surface area contributed by atoms with E-state index >= 15 is 0 Å². The zero-order chi connectivity index (χ0) is 8.32. The molecule has 1 fully saturated rings. The first-order valence-corrected chi connectivity index (χ1v) is 5.34. The summed E-state index contributed by atoms with van der Waals surface area (Å²) in [6.07, 6.45) is 0. The van der Waals surface area contributed by atoms with Gasteiger partial charge in [0.05, 0.1) is 19.8 Å². The van der Waals surface area contributed by atoms with Crippen LogP contribution in [0.4, 0.5) is 0 Å². The molecule has 0 radical (unpaired) electrons. The quantitative estimate of drug-likeness (QED) is 0.476. The van der Waals surface area contributed by atoms with Crippen molar-refractivity contribution in [1.29, 1.82) is 0 Å². The molecule has 0 aromatic heterocycles. The number of rotatable bonds is 5. The smallest absolute Gasteiger partial charge is 0.360 e. The average Bonchev–Trinajstić information content (AvgIpc) is 2.68. The molecule has 0 unspecified atom stereocenters. The van der Waals surface area contributed by atoms with Crippen LogP contribution in [-0.2, 0) is 18.3 Å². The van der Waals surface area contributed by atoms with E-state index in [0.29, 0.717) is 19.8 Å². The Labute approximate surface area is 66.4 Å². The van der Waals surface area contributed by atoms with Crippen LogP contribution in [-0.4, -0.2) is 25.7 Å². The normalized spacial score (nSPS) is 23.6. The molecule has 5 heteroatoms. The maximum atomic E-state index is 11.6. The van der Waals surface area contributed by atoms with Crippen molar-refractivity contribution in [3.05, 3.63) is 0 Å². The van der Waals surface area contributed by atoms with Crippen molar-refractivity contribution in [2.45, 2.75) is 19.7 Å². The Bertz CT molecular complexity index is 156. The molecule has 1 saturated heterocycles. The zero-order valence-electron chi connectivity index (χ0n) is 6.78. The first kappa shape index (κ1) is 9.20. The van der Waals surface area contributed by atoms with E-state index in [9.17, 15) is 4.57 Å². The summed E-state index contributed by atoms with van der Waals surface area (Å²) >= 11 is 0. The van der Waals surface area contributed by atoms with E-state index in [4.69, 9.17) is 13.8 Å². The second kappa shape index (κ2) is 3.68. The summed E-state index contributed by atoms with van der Waals surface area (Å²) in [5, 5.41) is 0. The van der Waals surface area contributed by atoms with E-state index in [1.165, 1.54) is 0 Å². The maximum absolute atomic E-state index is 11.6. The lowest BCUT2D eigenvalue weighted by molar-refractivity contribution is 0.208. The third kappa shape index (κ3) is 2.27. The minimum Gasteiger partial charge on any atom is -0.360 e. The summed E-state index contributed by atoms with van der Waals surface area (Å²) in [6.45, 7) is 4.87. The van der Waals surface area contributed by atoms with Crippen LogP contribution in [0, 0.1) is 0 Å². The predicted molar refractivity (Wildman–Crippen MR) is 40.6 cm³/mol. The summed E-state index contributed by atoms with van der Waals surface area (Å²) in [4.78, 5) is 0. The van der Waals surface area contributed by atoms with Gasteiger partial charge in [-0.1, -0.05) is 0 Å². The molecule has 1 rings (SSSR count). The standard InChI is InChI=1S/C6H13O4P/c1-3-9-11(7,10-4-2)6-5-8-6/h6H,3-5H2,1-2H3/t6-/m0/s1. The minimum absolute atomic E-state index is 0.303. The Kier molecular flexibility index (Phi) is 3.07. The lowest BCUT2D eigenvalue weighted by Crippen LogP contribution is -2.00. The molecule has 0 amide bonds. The second-order valence-electron chi connectivity index (χ2n) is 2.16. The van der Waals surface area contributed by atoms with Crippen LogP contribution in [0.2, 0.25) is 0 Å². The average molecular weight is 180 g/mol. The molecule has 0 bridgehead atoms. The van der Waals surface area contributed by atoms with Crippen LogP contribution in [0.5, 0.6) is 0 Å². The van der Waals surface area contributed by atoms with Crippen molar-refractivity contribution in [3.63, 3.8) is 0 Å². The van der Waals surface area contributed by atoms with E-state index in [-0.39, 0.29) is 5.85 Å². The molecule has 1 heterocycles. The van der Waals surface area contributed by atoms with Gasteiger partial charge in [0, 0.05) is 0 Å². The third-order valence-electron chi connectivity index (χ3n) is 1.29. The molecule has 1 atom stereocenters. The van der Waals surface area contributed by atoms with Gasteiger partial charge < -0.3 is 13.8 Å². The van der Waals surface area contributed by atoms with Gasteiger partial charge in [-0.25, -0.2) is 0 Å². The topological polar surface area (TPSA) is 48.1 Å². The fourth-order valence-electron chi connectivity index (χ4n) is 0.789. The van der Waals surface area contributed by atoms with Gasteiger partial charge in [0.2, 0.25) is 0 Å². The van der Waals surface area contributed by atoms with Gasteiger partial charge in [-0.05, 0) is 13.8 Å². The molecule has 0 saturated carbocycles. The van der Waals surface area contributed by atoms with Gasteiger partial charge in [0.1, 0.15) is 0 Å². The van der Waals surface area contributed by atoms with Gasteiger partial charge in [0.15, 0.2) is 5.85 Å². The molecular weight excluding hydrogens is 167 g/mol. The number of hydrogen-bond donors (Lipinski definition) is 0. The monoisotopic (exact) mass is 180 g/mol. The summed E-state index contributed by atoms with van der Waals surface area (Å²) in [5.41, 5.74) is 0. The van der Waals surface area contributed by atoms with Crippen molar-refractivity contribution < 1.29 is 18.3 Å². The highest BCUT2D eigenvalue weighted by Crippen LogP contribution is 2.58. The van der Waals surface area contributed by atoms with E-state index in [1.807, 2.05) is 0 Å². The molecule has 4 nitrogen and oxygen atoms in total. The van der Waals surface area contributed by atoms with E-state index in [0.717, 1.165) is 0 Å². The molecule has 1 aliphatic rings. The van der Waals surface area contributed by atoms with Gasteiger partial charge >= 0.3 is 7.60 Å². The van der Waals surface area contributed by atoms with Crippen molar-refractivity contribution >= 4 is 7.60 Å². The third-order valence-corrected chi connectivity index (χ3v) is 3.53. The highest BCUT2D eigenvalue weighted by molar-refractivity contribution is 7.54. The summed E-state index contributed by atoms with van der Waals surface area (Å²) in [5.74, 6) is -0.303. The molecule has 66 valence electrons. The highest BCUT2D eigenvalue weighted by atomic mass is 31.2. The number of epoxide rings is 1. The first-order chi connectivity index (χ1) is 5.23. The Morgan fingerprint density at radius 3 is 2.18 bits per heavy atom. The van der Waals surface area contributed by atoms with Crippen LogP contribution < -0.4 is 0 Å². The molecule has 1 aliphatic heterocycles. The molecule has 0 aliphatic carbocycles.